The number of carbonyl (C=O) groups is 2. The summed E-state index contributed by atoms with van der Waals surface area (Å²) >= 11 is 0. The highest BCUT2D eigenvalue weighted by atomic mass is 16.5. The second kappa shape index (κ2) is 5.99. The molecule has 1 aliphatic carbocycles. The molecule has 0 aromatic heterocycles. The predicted octanol–water partition coefficient (Wildman–Crippen LogP) is 2.51. The van der Waals surface area contributed by atoms with Crippen molar-refractivity contribution < 1.29 is 19.4 Å². The van der Waals surface area contributed by atoms with Gasteiger partial charge in [-0.05, 0) is 45.7 Å². The second-order valence-electron chi connectivity index (χ2n) is 6.83. The smallest absolute Gasteiger partial charge is 0.307 e. The fraction of sp³-hybridized carbons (Fsp3) is 0.529. The van der Waals surface area contributed by atoms with E-state index >= 15 is 0 Å². The van der Waals surface area contributed by atoms with E-state index in [1.807, 2.05) is 45.9 Å². The Balaban J connectivity index is 2.01. The van der Waals surface area contributed by atoms with Crippen molar-refractivity contribution in [3.8, 4) is 5.75 Å². The summed E-state index contributed by atoms with van der Waals surface area (Å²) < 4.78 is 5.94. The van der Waals surface area contributed by atoms with E-state index in [9.17, 15) is 9.59 Å². The fourth-order valence-corrected chi connectivity index (χ4v) is 2.30. The molecule has 1 amide bonds. The number of carboxylic acids is 1. The number of aliphatic carboxylic acids is 1. The monoisotopic (exact) mass is 305 g/mol. The number of hydrogen-bond acceptors (Lipinski definition) is 3. The van der Waals surface area contributed by atoms with Gasteiger partial charge in [0, 0.05) is 12.1 Å². The molecule has 1 aromatic carbocycles. The normalized spacial score (nSPS) is 20.4. The van der Waals surface area contributed by atoms with Gasteiger partial charge in [0.1, 0.15) is 11.4 Å². The molecule has 1 aromatic rings. The van der Waals surface area contributed by atoms with Crippen LogP contribution in [0.4, 0.5) is 0 Å². The van der Waals surface area contributed by atoms with Crippen LogP contribution >= 0.6 is 0 Å². The number of rotatable bonds is 5. The van der Waals surface area contributed by atoms with Crippen LogP contribution < -0.4 is 10.1 Å². The first-order valence-electron chi connectivity index (χ1n) is 7.46. The number of ether oxygens (including phenoxy) is 1. The van der Waals surface area contributed by atoms with Crippen LogP contribution in [0.1, 0.15) is 38.3 Å². The van der Waals surface area contributed by atoms with Crippen LogP contribution in [-0.2, 0) is 16.1 Å². The average molecular weight is 305 g/mol. The van der Waals surface area contributed by atoms with Gasteiger partial charge < -0.3 is 15.2 Å². The third-order valence-electron chi connectivity index (χ3n) is 3.54. The molecule has 2 unspecified atom stereocenters. The number of carboxylic acid groups (broad SMARTS) is 1. The van der Waals surface area contributed by atoms with Gasteiger partial charge in [-0.3, -0.25) is 9.59 Å². The second-order valence-corrected chi connectivity index (χ2v) is 6.83. The minimum absolute atomic E-state index is 0.199. The zero-order valence-corrected chi connectivity index (χ0v) is 13.5. The molecule has 5 nitrogen and oxygen atoms in total. The standard InChI is InChI=1S/C17H23NO4/c1-10-5-6-11(14(7-10)22-17(2,3)4)9-18-15(19)12-8-13(12)16(20)21/h5-7,12-13H,8-9H2,1-4H3,(H,18,19)(H,20,21). The van der Waals surface area contributed by atoms with Crippen LogP contribution in [0, 0.1) is 18.8 Å². The molecule has 1 fully saturated rings. The Kier molecular flexibility index (Phi) is 4.44. The van der Waals surface area contributed by atoms with Crippen molar-refractivity contribution in [1.82, 2.24) is 5.32 Å². The van der Waals surface area contributed by atoms with Crippen molar-refractivity contribution in [2.75, 3.05) is 0 Å². The van der Waals surface area contributed by atoms with Crippen molar-refractivity contribution in [1.29, 1.82) is 0 Å². The fourth-order valence-electron chi connectivity index (χ4n) is 2.30. The molecule has 0 radical (unpaired) electrons. The summed E-state index contributed by atoms with van der Waals surface area (Å²) in [5, 5.41) is 11.7. The number of nitrogens with one attached hydrogen (secondary N) is 1. The summed E-state index contributed by atoms with van der Waals surface area (Å²) in [6.07, 6.45) is 0.431. The van der Waals surface area contributed by atoms with Crippen LogP contribution in [0.3, 0.4) is 0 Å². The van der Waals surface area contributed by atoms with Crippen LogP contribution in [0.25, 0.3) is 0 Å². The molecule has 2 rings (SSSR count). The predicted molar refractivity (Wildman–Crippen MR) is 82.6 cm³/mol. The minimum atomic E-state index is -0.896. The minimum Gasteiger partial charge on any atom is -0.488 e. The van der Waals surface area contributed by atoms with Gasteiger partial charge in [-0.2, -0.15) is 0 Å². The molecule has 2 atom stereocenters. The highest BCUT2D eigenvalue weighted by Gasteiger charge is 2.48. The Hall–Kier alpha value is -2.04. The average Bonchev–Trinajstić information content (AvgIpc) is 3.15. The maximum absolute atomic E-state index is 11.9. The summed E-state index contributed by atoms with van der Waals surface area (Å²) in [7, 11) is 0. The Morgan fingerprint density at radius 2 is 2.00 bits per heavy atom. The van der Waals surface area contributed by atoms with Gasteiger partial charge in [0.05, 0.1) is 11.8 Å². The molecular weight excluding hydrogens is 282 g/mol. The van der Waals surface area contributed by atoms with Gasteiger partial charge in [-0.15, -0.1) is 0 Å². The maximum atomic E-state index is 11.9. The van der Waals surface area contributed by atoms with Crippen molar-refractivity contribution in [2.24, 2.45) is 11.8 Å². The van der Waals surface area contributed by atoms with Crippen molar-refractivity contribution in [2.45, 2.75) is 46.3 Å². The summed E-state index contributed by atoms with van der Waals surface area (Å²) in [5.41, 5.74) is 1.65. The van der Waals surface area contributed by atoms with Crippen molar-refractivity contribution >= 4 is 11.9 Å². The van der Waals surface area contributed by atoms with Crippen LogP contribution in [0.15, 0.2) is 18.2 Å². The molecule has 22 heavy (non-hydrogen) atoms. The van der Waals surface area contributed by atoms with E-state index in [0.29, 0.717) is 13.0 Å². The third kappa shape index (κ3) is 4.23. The lowest BCUT2D eigenvalue weighted by molar-refractivity contribution is -0.140. The summed E-state index contributed by atoms with van der Waals surface area (Å²) in [6.45, 7) is 8.24. The summed E-state index contributed by atoms with van der Waals surface area (Å²) in [5.74, 6) is -1.27. The van der Waals surface area contributed by atoms with E-state index in [2.05, 4.69) is 5.32 Å². The van der Waals surface area contributed by atoms with Gasteiger partial charge in [-0.25, -0.2) is 0 Å². The highest BCUT2D eigenvalue weighted by Crippen LogP contribution is 2.38. The SMILES string of the molecule is Cc1ccc(CNC(=O)C2CC2C(=O)O)c(OC(C)(C)C)c1. The summed E-state index contributed by atoms with van der Waals surface area (Å²) in [6, 6.07) is 5.84. The molecular formula is C17H23NO4. The van der Waals surface area contributed by atoms with Crippen LogP contribution in [0.5, 0.6) is 5.75 Å². The van der Waals surface area contributed by atoms with Gasteiger partial charge >= 0.3 is 5.97 Å². The van der Waals surface area contributed by atoms with E-state index in [-0.39, 0.29) is 11.5 Å². The quantitative estimate of drug-likeness (QED) is 0.876. The first kappa shape index (κ1) is 16.3. The molecule has 0 heterocycles. The van der Waals surface area contributed by atoms with E-state index < -0.39 is 17.8 Å². The van der Waals surface area contributed by atoms with Crippen LogP contribution in [-0.4, -0.2) is 22.6 Å². The van der Waals surface area contributed by atoms with E-state index in [4.69, 9.17) is 9.84 Å². The molecule has 0 aliphatic heterocycles. The molecule has 1 saturated carbocycles. The Morgan fingerprint density at radius 1 is 1.32 bits per heavy atom. The maximum Gasteiger partial charge on any atom is 0.307 e. The van der Waals surface area contributed by atoms with E-state index in [1.54, 1.807) is 0 Å². The van der Waals surface area contributed by atoms with Crippen LogP contribution in [0.2, 0.25) is 0 Å². The zero-order valence-electron chi connectivity index (χ0n) is 13.5. The molecule has 0 bridgehead atoms. The van der Waals surface area contributed by atoms with Gasteiger partial charge in [0.2, 0.25) is 5.91 Å². The molecule has 120 valence electrons. The topological polar surface area (TPSA) is 75.6 Å². The van der Waals surface area contributed by atoms with Gasteiger partial charge in [-0.1, -0.05) is 12.1 Å². The first-order chi connectivity index (χ1) is 10.2. The lowest BCUT2D eigenvalue weighted by Gasteiger charge is -2.23. The molecule has 1 aliphatic rings. The first-order valence-corrected chi connectivity index (χ1v) is 7.46. The highest BCUT2D eigenvalue weighted by molar-refractivity contribution is 5.89. The van der Waals surface area contributed by atoms with Crippen molar-refractivity contribution in [3.05, 3.63) is 29.3 Å². The van der Waals surface area contributed by atoms with Crippen molar-refractivity contribution in [3.63, 3.8) is 0 Å². The molecule has 0 spiro atoms. The largest absolute Gasteiger partial charge is 0.488 e. The van der Waals surface area contributed by atoms with Gasteiger partial charge in [0.25, 0.3) is 0 Å². The number of hydrogen-bond donors (Lipinski definition) is 2. The molecule has 0 saturated heterocycles. The number of carbonyl (C=O) groups excluding carboxylic acids is 1. The molecule has 2 N–H and O–H groups in total. The third-order valence-corrected chi connectivity index (χ3v) is 3.54. The lowest BCUT2D eigenvalue weighted by atomic mass is 10.1. The Bertz CT molecular complexity index is 589. The van der Waals surface area contributed by atoms with E-state index in [0.717, 1.165) is 16.9 Å². The Morgan fingerprint density at radius 3 is 2.55 bits per heavy atom. The van der Waals surface area contributed by atoms with Gasteiger partial charge in [0.15, 0.2) is 0 Å². The number of amides is 1. The lowest BCUT2D eigenvalue weighted by Crippen LogP contribution is -2.28. The van der Waals surface area contributed by atoms with E-state index in [1.165, 1.54) is 0 Å². The molecule has 5 heteroatoms. The zero-order chi connectivity index (χ0) is 16.5. The number of benzene rings is 1. The Labute approximate surface area is 130 Å². The summed E-state index contributed by atoms with van der Waals surface area (Å²) in [4.78, 5) is 22.7. The number of aryl methyl sites for hydroxylation is 1.